The van der Waals surface area contributed by atoms with Crippen molar-refractivity contribution in [3.05, 3.63) is 0 Å². The molecular weight excluding hydrogens is 204 g/mol. The third kappa shape index (κ3) is 2.19. The van der Waals surface area contributed by atoms with Crippen LogP contribution in [0.15, 0.2) is 0 Å². The number of rotatable bonds is 1. The van der Waals surface area contributed by atoms with Crippen LogP contribution in [0.25, 0.3) is 0 Å². The summed E-state index contributed by atoms with van der Waals surface area (Å²) < 4.78 is 5.29. The molecule has 0 N–H and O–H groups in total. The summed E-state index contributed by atoms with van der Waals surface area (Å²) in [5.74, 6) is 0. The molecule has 2 saturated heterocycles. The molecule has 0 radical (unpaired) electrons. The number of nitrogens with zero attached hydrogens (tertiary/aromatic N) is 2. The van der Waals surface area contributed by atoms with Gasteiger partial charge in [0.2, 0.25) is 0 Å². The normalized spacial score (nSPS) is 29.5. The summed E-state index contributed by atoms with van der Waals surface area (Å²) in [4.78, 5) is 15.0. The zero-order chi connectivity index (χ0) is 9.97. The van der Waals surface area contributed by atoms with Crippen LogP contribution in [0.2, 0.25) is 0 Å². The van der Waals surface area contributed by atoms with E-state index in [1.165, 1.54) is 0 Å². The minimum Gasteiger partial charge on any atom is -0.379 e. The summed E-state index contributed by atoms with van der Waals surface area (Å²) in [5.41, 5.74) is 0. The molecule has 5 heteroatoms. The van der Waals surface area contributed by atoms with Gasteiger partial charge < -0.3 is 9.64 Å². The Balaban J connectivity index is 1.85. The van der Waals surface area contributed by atoms with Crippen molar-refractivity contribution in [1.29, 1.82) is 0 Å². The molecule has 0 aromatic carbocycles. The highest BCUT2D eigenvalue weighted by Gasteiger charge is 2.30. The van der Waals surface area contributed by atoms with Gasteiger partial charge in [0.1, 0.15) is 0 Å². The molecule has 0 spiro atoms. The maximum absolute atomic E-state index is 10.9. The van der Waals surface area contributed by atoms with Gasteiger partial charge >= 0.3 is 5.37 Å². The van der Waals surface area contributed by atoms with Gasteiger partial charge in [0.05, 0.1) is 13.2 Å². The molecule has 0 aliphatic carbocycles. The molecule has 0 bridgehead atoms. The summed E-state index contributed by atoms with van der Waals surface area (Å²) in [5, 5.41) is -0.319. The fraction of sp³-hybridized carbons (Fsp3) is 0.889. The second kappa shape index (κ2) is 4.47. The molecule has 14 heavy (non-hydrogen) atoms. The molecule has 0 aromatic rings. The molecule has 0 saturated carbocycles. The highest BCUT2D eigenvalue weighted by molar-refractivity contribution is 6.62. The van der Waals surface area contributed by atoms with E-state index in [9.17, 15) is 4.79 Å². The lowest BCUT2D eigenvalue weighted by molar-refractivity contribution is 0.0193. The van der Waals surface area contributed by atoms with Gasteiger partial charge in [-0.15, -0.1) is 0 Å². The van der Waals surface area contributed by atoms with Crippen LogP contribution in [0.1, 0.15) is 6.42 Å². The first-order valence-corrected chi connectivity index (χ1v) is 5.41. The highest BCUT2D eigenvalue weighted by atomic mass is 35.5. The number of hydrogen-bond donors (Lipinski definition) is 0. The van der Waals surface area contributed by atoms with E-state index < -0.39 is 0 Å². The van der Waals surface area contributed by atoms with Gasteiger partial charge in [0.15, 0.2) is 0 Å². The van der Waals surface area contributed by atoms with Crippen molar-refractivity contribution in [3.8, 4) is 0 Å². The van der Waals surface area contributed by atoms with Gasteiger partial charge in [-0.05, 0) is 18.0 Å². The first kappa shape index (κ1) is 10.2. The number of likely N-dealkylation sites (tertiary alicyclic amines) is 1. The third-order valence-electron chi connectivity index (χ3n) is 2.97. The van der Waals surface area contributed by atoms with Crippen LogP contribution in [0, 0.1) is 0 Å². The first-order chi connectivity index (χ1) is 6.77. The van der Waals surface area contributed by atoms with Crippen LogP contribution < -0.4 is 0 Å². The topological polar surface area (TPSA) is 32.8 Å². The maximum Gasteiger partial charge on any atom is 0.316 e. The molecule has 2 aliphatic heterocycles. The first-order valence-electron chi connectivity index (χ1n) is 5.03. The average molecular weight is 219 g/mol. The molecular formula is C9H15ClN2O2. The van der Waals surface area contributed by atoms with E-state index in [-0.39, 0.29) is 5.37 Å². The number of halogens is 1. The maximum atomic E-state index is 10.9. The van der Waals surface area contributed by atoms with E-state index >= 15 is 0 Å². The van der Waals surface area contributed by atoms with Crippen LogP contribution in [-0.2, 0) is 4.74 Å². The lowest BCUT2D eigenvalue weighted by Crippen LogP contribution is -2.44. The zero-order valence-corrected chi connectivity index (χ0v) is 8.87. The van der Waals surface area contributed by atoms with Crippen molar-refractivity contribution < 1.29 is 9.53 Å². The smallest absolute Gasteiger partial charge is 0.316 e. The summed E-state index contributed by atoms with van der Waals surface area (Å²) in [6.45, 7) is 5.16. The number of morpholine rings is 1. The number of ether oxygens (including phenoxy) is 1. The van der Waals surface area contributed by atoms with Crippen molar-refractivity contribution >= 4 is 17.0 Å². The molecule has 0 aromatic heterocycles. The lowest BCUT2D eigenvalue weighted by atomic mass is 10.2. The van der Waals surface area contributed by atoms with E-state index in [4.69, 9.17) is 16.3 Å². The van der Waals surface area contributed by atoms with Gasteiger partial charge in [-0.2, -0.15) is 0 Å². The minimum atomic E-state index is -0.319. The second-order valence-corrected chi connectivity index (χ2v) is 4.11. The Morgan fingerprint density at radius 2 is 2.00 bits per heavy atom. The number of carbonyl (C=O) groups is 1. The summed E-state index contributed by atoms with van der Waals surface area (Å²) in [6, 6.07) is 0.488. The van der Waals surface area contributed by atoms with Gasteiger partial charge in [-0.1, -0.05) is 0 Å². The SMILES string of the molecule is O=C(Cl)N1CCC(N2CCOCC2)C1. The second-order valence-electron chi connectivity index (χ2n) is 3.79. The van der Waals surface area contributed by atoms with E-state index in [1.54, 1.807) is 4.90 Å². The van der Waals surface area contributed by atoms with Crippen LogP contribution in [0.5, 0.6) is 0 Å². The molecule has 4 nitrogen and oxygen atoms in total. The Morgan fingerprint density at radius 1 is 1.29 bits per heavy atom. The standard InChI is InChI=1S/C9H15ClN2O2/c10-9(13)12-2-1-8(7-12)11-3-5-14-6-4-11/h8H,1-7H2. The molecule has 1 unspecified atom stereocenters. The molecule has 2 rings (SSSR count). The van der Waals surface area contributed by atoms with E-state index in [0.29, 0.717) is 6.04 Å². The van der Waals surface area contributed by atoms with Crippen molar-refractivity contribution in [2.45, 2.75) is 12.5 Å². The Hall–Kier alpha value is -0.320. The van der Waals surface area contributed by atoms with Crippen molar-refractivity contribution in [1.82, 2.24) is 9.80 Å². The van der Waals surface area contributed by atoms with Gasteiger partial charge in [-0.3, -0.25) is 9.69 Å². The fourth-order valence-corrected chi connectivity index (χ4v) is 2.30. The highest BCUT2D eigenvalue weighted by Crippen LogP contribution is 2.17. The Morgan fingerprint density at radius 3 is 2.57 bits per heavy atom. The average Bonchev–Trinajstić information content (AvgIpc) is 2.68. The van der Waals surface area contributed by atoms with Gasteiger partial charge in [0.25, 0.3) is 0 Å². The minimum absolute atomic E-state index is 0.319. The van der Waals surface area contributed by atoms with Crippen LogP contribution in [-0.4, -0.2) is 60.6 Å². The number of hydrogen-bond acceptors (Lipinski definition) is 3. The predicted octanol–water partition coefficient (Wildman–Crippen LogP) is 0.752. The summed E-state index contributed by atoms with van der Waals surface area (Å²) in [7, 11) is 0. The summed E-state index contributed by atoms with van der Waals surface area (Å²) >= 11 is 5.43. The largest absolute Gasteiger partial charge is 0.379 e. The van der Waals surface area contributed by atoms with E-state index in [2.05, 4.69) is 4.90 Å². The zero-order valence-electron chi connectivity index (χ0n) is 8.12. The third-order valence-corrected chi connectivity index (χ3v) is 3.21. The van der Waals surface area contributed by atoms with Crippen LogP contribution in [0.4, 0.5) is 4.79 Å². The quantitative estimate of drug-likeness (QED) is 0.481. The molecule has 2 heterocycles. The Kier molecular flexibility index (Phi) is 3.26. The Labute approximate surface area is 88.7 Å². The van der Waals surface area contributed by atoms with Crippen molar-refractivity contribution in [2.75, 3.05) is 39.4 Å². The van der Waals surface area contributed by atoms with E-state index in [1.807, 2.05) is 0 Å². The molecule has 1 atom stereocenters. The van der Waals surface area contributed by atoms with Crippen LogP contribution >= 0.6 is 11.6 Å². The fourth-order valence-electron chi connectivity index (χ4n) is 2.14. The van der Waals surface area contributed by atoms with Crippen LogP contribution in [0.3, 0.4) is 0 Å². The Bertz CT molecular complexity index is 219. The monoisotopic (exact) mass is 218 g/mol. The molecule has 2 aliphatic rings. The number of carbonyl (C=O) groups excluding carboxylic acids is 1. The van der Waals surface area contributed by atoms with E-state index in [0.717, 1.165) is 45.8 Å². The van der Waals surface area contributed by atoms with Crippen molar-refractivity contribution in [2.24, 2.45) is 0 Å². The van der Waals surface area contributed by atoms with Crippen molar-refractivity contribution in [3.63, 3.8) is 0 Å². The summed E-state index contributed by atoms with van der Waals surface area (Å²) in [6.07, 6.45) is 1.04. The molecule has 80 valence electrons. The van der Waals surface area contributed by atoms with Gasteiger partial charge in [-0.25, -0.2) is 0 Å². The molecule has 1 amide bonds. The molecule has 2 fully saturated rings. The lowest BCUT2D eigenvalue weighted by Gasteiger charge is -2.31. The predicted molar refractivity (Wildman–Crippen MR) is 53.6 cm³/mol. The van der Waals surface area contributed by atoms with Gasteiger partial charge in [0, 0.05) is 32.2 Å². The number of amides is 1.